The lowest BCUT2D eigenvalue weighted by molar-refractivity contribution is 0.554. The zero-order chi connectivity index (χ0) is 13.1. The predicted octanol–water partition coefficient (Wildman–Crippen LogP) is 2.98. The third-order valence-electron chi connectivity index (χ3n) is 3.80. The predicted molar refractivity (Wildman–Crippen MR) is 79.2 cm³/mol. The summed E-state index contributed by atoms with van der Waals surface area (Å²) < 4.78 is 0. The highest BCUT2D eigenvalue weighted by molar-refractivity contribution is 5.91. The molecule has 1 aliphatic heterocycles. The van der Waals surface area contributed by atoms with Crippen molar-refractivity contribution >= 4 is 22.4 Å². The quantitative estimate of drug-likeness (QED) is 0.797. The van der Waals surface area contributed by atoms with Gasteiger partial charge in [-0.05, 0) is 31.0 Å². The van der Waals surface area contributed by atoms with Crippen molar-refractivity contribution < 1.29 is 0 Å². The summed E-state index contributed by atoms with van der Waals surface area (Å²) >= 11 is 0. The summed E-state index contributed by atoms with van der Waals surface area (Å²) in [6.07, 6.45) is 8.17. The molecule has 4 nitrogen and oxygen atoms in total. The number of hydrogen-bond donors (Lipinski definition) is 1. The molecule has 4 heteroatoms. The number of benzene rings is 1. The maximum atomic E-state index is 5.82. The fraction of sp³-hybridized carbons (Fsp3) is 0.467. The van der Waals surface area contributed by atoms with Crippen molar-refractivity contribution in [1.29, 1.82) is 0 Å². The van der Waals surface area contributed by atoms with Gasteiger partial charge in [-0.3, -0.25) is 0 Å². The Morgan fingerprint density at radius 1 is 0.947 bits per heavy atom. The van der Waals surface area contributed by atoms with Gasteiger partial charge in [0, 0.05) is 24.2 Å². The van der Waals surface area contributed by atoms with Crippen LogP contribution in [-0.2, 0) is 0 Å². The highest BCUT2D eigenvalue weighted by Gasteiger charge is 2.13. The van der Waals surface area contributed by atoms with Crippen LogP contribution in [0.1, 0.15) is 32.1 Å². The van der Waals surface area contributed by atoms with Gasteiger partial charge >= 0.3 is 0 Å². The maximum absolute atomic E-state index is 5.82. The molecule has 0 unspecified atom stereocenters. The SMILES string of the molecule is Nc1ccc2c(N3CCCCCCC3)ncnc2c1. The zero-order valence-electron chi connectivity index (χ0n) is 11.2. The highest BCUT2D eigenvalue weighted by atomic mass is 15.2. The third-order valence-corrected chi connectivity index (χ3v) is 3.80. The number of rotatable bonds is 1. The summed E-state index contributed by atoms with van der Waals surface area (Å²) in [5.41, 5.74) is 7.52. The van der Waals surface area contributed by atoms with Gasteiger partial charge < -0.3 is 10.6 Å². The van der Waals surface area contributed by atoms with Crippen LogP contribution >= 0.6 is 0 Å². The Labute approximate surface area is 113 Å². The van der Waals surface area contributed by atoms with E-state index in [0.29, 0.717) is 0 Å². The van der Waals surface area contributed by atoms with E-state index in [2.05, 4.69) is 14.9 Å². The van der Waals surface area contributed by atoms with E-state index in [-0.39, 0.29) is 0 Å². The summed E-state index contributed by atoms with van der Waals surface area (Å²) in [5, 5.41) is 1.11. The molecule has 0 radical (unpaired) electrons. The summed E-state index contributed by atoms with van der Waals surface area (Å²) in [6, 6.07) is 5.89. The molecule has 19 heavy (non-hydrogen) atoms. The molecule has 1 aliphatic rings. The molecule has 0 aliphatic carbocycles. The Bertz CT molecular complexity index is 559. The number of aromatic nitrogens is 2. The Kier molecular flexibility index (Phi) is 3.49. The summed E-state index contributed by atoms with van der Waals surface area (Å²) in [6.45, 7) is 2.19. The topological polar surface area (TPSA) is 55.0 Å². The number of nitrogen functional groups attached to an aromatic ring is 1. The van der Waals surface area contributed by atoms with Gasteiger partial charge in [0.25, 0.3) is 0 Å². The van der Waals surface area contributed by atoms with Gasteiger partial charge in [0.2, 0.25) is 0 Å². The first-order chi connectivity index (χ1) is 9.34. The number of anilines is 2. The van der Waals surface area contributed by atoms with Crippen LogP contribution in [0.15, 0.2) is 24.5 Å². The van der Waals surface area contributed by atoms with Crippen LogP contribution in [-0.4, -0.2) is 23.1 Å². The molecule has 0 amide bonds. The molecular weight excluding hydrogens is 236 g/mol. The monoisotopic (exact) mass is 256 g/mol. The van der Waals surface area contributed by atoms with Crippen LogP contribution in [0.25, 0.3) is 10.9 Å². The minimum atomic E-state index is 0.754. The average molecular weight is 256 g/mol. The van der Waals surface area contributed by atoms with Crippen LogP contribution in [0.5, 0.6) is 0 Å². The molecule has 0 bridgehead atoms. The van der Waals surface area contributed by atoms with Crippen LogP contribution in [0.2, 0.25) is 0 Å². The first-order valence-electron chi connectivity index (χ1n) is 7.10. The second-order valence-electron chi connectivity index (χ2n) is 5.23. The number of hydrogen-bond acceptors (Lipinski definition) is 4. The third kappa shape index (κ3) is 2.62. The van der Waals surface area contributed by atoms with Gasteiger partial charge in [-0.2, -0.15) is 0 Å². The minimum absolute atomic E-state index is 0.754. The van der Waals surface area contributed by atoms with Gasteiger partial charge in [-0.1, -0.05) is 19.3 Å². The fourth-order valence-electron chi connectivity index (χ4n) is 2.77. The molecule has 1 aromatic carbocycles. The molecule has 0 atom stereocenters. The first-order valence-corrected chi connectivity index (χ1v) is 7.10. The van der Waals surface area contributed by atoms with Crippen molar-refractivity contribution in [2.45, 2.75) is 32.1 Å². The van der Waals surface area contributed by atoms with Crippen molar-refractivity contribution in [2.75, 3.05) is 23.7 Å². The van der Waals surface area contributed by atoms with Crippen molar-refractivity contribution in [1.82, 2.24) is 9.97 Å². The van der Waals surface area contributed by atoms with Crippen LogP contribution < -0.4 is 10.6 Å². The van der Waals surface area contributed by atoms with E-state index < -0.39 is 0 Å². The van der Waals surface area contributed by atoms with Gasteiger partial charge in [-0.25, -0.2) is 9.97 Å². The molecule has 1 saturated heterocycles. The molecule has 2 N–H and O–H groups in total. The van der Waals surface area contributed by atoms with Crippen molar-refractivity contribution in [3.8, 4) is 0 Å². The van der Waals surface area contributed by atoms with E-state index in [1.54, 1.807) is 6.33 Å². The van der Waals surface area contributed by atoms with E-state index in [4.69, 9.17) is 5.73 Å². The second-order valence-corrected chi connectivity index (χ2v) is 5.23. The summed E-state index contributed by atoms with van der Waals surface area (Å²) in [5.74, 6) is 1.06. The lowest BCUT2D eigenvalue weighted by atomic mass is 10.1. The van der Waals surface area contributed by atoms with Crippen molar-refractivity contribution in [3.63, 3.8) is 0 Å². The molecule has 3 rings (SSSR count). The van der Waals surface area contributed by atoms with E-state index in [9.17, 15) is 0 Å². The van der Waals surface area contributed by atoms with Gasteiger partial charge in [0.1, 0.15) is 12.1 Å². The summed E-state index contributed by atoms with van der Waals surface area (Å²) in [4.78, 5) is 11.2. The van der Waals surface area contributed by atoms with Gasteiger partial charge in [0.15, 0.2) is 0 Å². The lowest BCUT2D eigenvalue weighted by Crippen LogP contribution is -2.28. The normalized spacial score (nSPS) is 17.2. The number of fused-ring (bicyclic) bond motifs is 1. The molecule has 1 aromatic heterocycles. The Hall–Kier alpha value is -1.84. The van der Waals surface area contributed by atoms with E-state index >= 15 is 0 Å². The van der Waals surface area contributed by atoms with Crippen molar-refractivity contribution in [3.05, 3.63) is 24.5 Å². The molecule has 100 valence electrons. The van der Waals surface area contributed by atoms with Crippen LogP contribution in [0.3, 0.4) is 0 Å². The molecule has 2 aromatic rings. The lowest BCUT2D eigenvalue weighted by Gasteiger charge is -2.26. The minimum Gasteiger partial charge on any atom is -0.399 e. The smallest absolute Gasteiger partial charge is 0.139 e. The highest BCUT2D eigenvalue weighted by Crippen LogP contribution is 2.26. The van der Waals surface area contributed by atoms with Gasteiger partial charge in [0.05, 0.1) is 5.52 Å². The number of nitrogens with two attached hydrogens (primary N) is 1. The maximum Gasteiger partial charge on any atom is 0.139 e. The van der Waals surface area contributed by atoms with Gasteiger partial charge in [-0.15, -0.1) is 0 Å². The fourth-order valence-corrected chi connectivity index (χ4v) is 2.77. The Morgan fingerprint density at radius 2 is 1.68 bits per heavy atom. The first kappa shape index (κ1) is 12.2. The summed E-state index contributed by atoms with van der Waals surface area (Å²) in [7, 11) is 0. The average Bonchev–Trinajstić information content (AvgIpc) is 2.37. The van der Waals surface area contributed by atoms with Crippen molar-refractivity contribution in [2.24, 2.45) is 0 Å². The zero-order valence-corrected chi connectivity index (χ0v) is 11.2. The molecule has 0 spiro atoms. The molecule has 1 fully saturated rings. The Morgan fingerprint density at radius 3 is 2.47 bits per heavy atom. The van der Waals surface area contributed by atoms with E-state index in [1.807, 2.05) is 18.2 Å². The second kappa shape index (κ2) is 5.43. The number of nitrogens with zero attached hydrogens (tertiary/aromatic N) is 3. The standard InChI is InChI=1S/C15H20N4/c16-12-6-7-13-14(10-12)17-11-18-15(13)19-8-4-2-1-3-5-9-19/h6-7,10-11H,1-5,8-9,16H2. The van der Waals surface area contributed by atoms with E-state index in [1.165, 1.54) is 32.1 Å². The molecule has 2 heterocycles. The van der Waals surface area contributed by atoms with Crippen LogP contribution in [0.4, 0.5) is 11.5 Å². The Balaban J connectivity index is 1.98. The van der Waals surface area contributed by atoms with E-state index in [0.717, 1.165) is 35.5 Å². The molecular formula is C15H20N4. The van der Waals surface area contributed by atoms with Crippen LogP contribution in [0, 0.1) is 0 Å². The molecule has 0 saturated carbocycles. The largest absolute Gasteiger partial charge is 0.399 e.